The first-order valence-electron chi connectivity index (χ1n) is 7.04. The van der Waals surface area contributed by atoms with Crippen molar-refractivity contribution in [1.29, 1.82) is 0 Å². The maximum absolute atomic E-state index is 12.1. The van der Waals surface area contributed by atoms with Crippen LogP contribution in [0.25, 0.3) is 0 Å². The summed E-state index contributed by atoms with van der Waals surface area (Å²) in [6.45, 7) is 4.99. The second-order valence-electron chi connectivity index (χ2n) is 5.59. The molecule has 0 radical (unpaired) electrons. The minimum absolute atomic E-state index is 0.0981. The molecular formula is C14H18BrN5O. The van der Waals surface area contributed by atoms with Gasteiger partial charge in [0.15, 0.2) is 0 Å². The zero-order valence-corrected chi connectivity index (χ0v) is 13.7. The van der Waals surface area contributed by atoms with Crippen molar-refractivity contribution in [2.75, 3.05) is 5.32 Å². The van der Waals surface area contributed by atoms with E-state index in [0.717, 1.165) is 34.0 Å². The summed E-state index contributed by atoms with van der Waals surface area (Å²) < 4.78 is 4.55. The topological polar surface area (TPSA) is 64.7 Å². The summed E-state index contributed by atoms with van der Waals surface area (Å²) in [6, 6.07) is 0. The van der Waals surface area contributed by atoms with Gasteiger partial charge in [0.05, 0.1) is 27.7 Å². The summed E-state index contributed by atoms with van der Waals surface area (Å²) in [7, 11) is 0. The zero-order valence-electron chi connectivity index (χ0n) is 12.1. The monoisotopic (exact) mass is 351 g/mol. The van der Waals surface area contributed by atoms with Crippen LogP contribution in [0.2, 0.25) is 0 Å². The SMILES string of the molecule is Cc1nn(CC(=O)Nc2cnn(CC3CC3)c2)c(C)c1Br. The van der Waals surface area contributed by atoms with Crippen LogP contribution < -0.4 is 5.32 Å². The van der Waals surface area contributed by atoms with Gasteiger partial charge in [0, 0.05) is 12.7 Å². The molecule has 0 bridgehead atoms. The fraction of sp³-hybridized carbons (Fsp3) is 0.500. The molecule has 0 aliphatic heterocycles. The molecule has 21 heavy (non-hydrogen) atoms. The Balaban J connectivity index is 1.60. The second-order valence-corrected chi connectivity index (χ2v) is 6.38. The summed E-state index contributed by atoms with van der Waals surface area (Å²) in [5.41, 5.74) is 2.57. The first-order chi connectivity index (χ1) is 10.0. The molecule has 1 aliphatic carbocycles. The number of aromatic nitrogens is 4. The van der Waals surface area contributed by atoms with Gasteiger partial charge >= 0.3 is 0 Å². The molecule has 2 heterocycles. The average Bonchev–Trinajstić information content (AvgIpc) is 3.09. The smallest absolute Gasteiger partial charge is 0.246 e. The van der Waals surface area contributed by atoms with Crippen molar-refractivity contribution in [2.45, 2.75) is 39.8 Å². The van der Waals surface area contributed by atoms with Crippen molar-refractivity contribution in [1.82, 2.24) is 19.6 Å². The number of hydrogen-bond acceptors (Lipinski definition) is 3. The van der Waals surface area contributed by atoms with Crippen molar-refractivity contribution in [3.8, 4) is 0 Å². The molecule has 0 spiro atoms. The molecule has 0 aromatic carbocycles. The van der Waals surface area contributed by atoms with Crippen LogP contribution in [0.3, 0.4) is 0 Å². The summed E-state index contributed by atoms with van der Waals surface area (Å²) in [4.78, 5) is 12.1. The highest BCUT2D eigenvalue weighted by Gasteiger charge is 2.22. The molecule has 112 valence electrons. The number of nitrogens with zero attached hydrogens (tertiary/aromatic N) is 4. The number of amides is 1. The lowest BCUT2D eigenvalue weighted by Gasteiger charge is -2.05. The van der Waals surface area contributed by atoms with Gasteiger partial charge in [-0.3, -0.25) is 14.2 Å². The molecule has 0 unspecified atom stereocenters. The van der Waals surface area contributed by atoms with Gasteiger partial charge in [0.25, 0.3) is 0 Å². The number of halogens is 1. The Kier molecular flexibility index (Phi) is 3.84. The Hall–Kier alpha value is -1.63. The quantitative estimate of drug-likeness (QED) is 0.899. The lowest BCUT2D eigenvalue weighted by Crippen LogP contribution is -2.20. The van der Waals surface area contributed by atoms with E-state index < -0.39 is 0 Å². The van der Waals surface area contributed by atoms with E-state index in [2.05, 4.69) is 31.4 Å². The summed E-state index contributed by atoms with van der Waals surface area (Å²) in [6.07, 6.45) is 6.15. The van der Waals surface area contributed by atoms with Crippen molar-refractivity contribution < 1.29 is 4.79 Å². The molecule has 3 rings (SSSR count). The minimum atomic E-state index is -0.0981. The van der Waals surface area contributed by atoms with E-state index in [4.69, 9.17) is 0 Å². The van der Waals surface area contributed by atoms with Crippen molar-refractivity contribution in [2.24, 2.45) is 5.92 Å². The highest BCUT2D eigenvalue weighted by Crippen LogP contribution is 2.30. The number of aryl methyl sites for hydroxylation is 1. The normalized spacial score (nSPS) is 14.4. The van der Waals surface area contributed by atoms with E-state index in [1.807, 2.05) is 24.7 Å². The summed E-state index contributed by atoms with van der Waals surface area (Å²) in [5, 5.41) is 11.5. The van der Waals surface area contributed by atoms with E-state index in [1.54, 1.807) is 10.9 Å². The molecule has 0 atom stereocenters. The second kappa shape index (κ2) is 5.63. The van der Waals surface area contributed by atoms with Crippen LogP contribution >= 0.6 is 15.9 Å². The summed E-state index contributed by atoms with van der Waals surface area (Å²) in [5.74, 6) is 0.666. The lowest BCUT2D eigenvalue weighted by molar-refractivity contribution is -0.116. The Labute approximate surface area is 131 Å². The fourth-order valence-corrected chi connectivity index (χ4v) is 2.54. The number of carbonyl (C=O) groups excluding carboxylic acids is 1. The highest BCUT2D eigenvalue weighted by atomic mass is 79.9. The highest BCUT2D eigenvalue weighted by molar-refractivity contribution is 9.10. The molecule has 1 fully saturated rings. The third-order valence-electron chi connectivity index (χ3n) is 3.65. The Morgan fingerprint density at radius 3 is 2.86 bits per heavy atom. The van der Waals surface area contributed by atoms with Gasteiger partial charge < -0.3 is 5.32 Å². The maximum Gasteiger partial charge on any atom is 0.246 e. The molecule has 1 amide bonds. The van der Waals surface area contributed by atoms with E-state index in [1.165, 1.54) is 12.8 Å². The van der Waals surface area contributed by atoms with Crippen molar-refractivity contribution in [3.63, 3.8) is 0 Å². The molecule has 1 saturated carbocycles. The van der Waals surface area contributed by atoms with Crippen LogP contribution in [0, 0.1) is 19.8 Å². The van der Waals surface area contributed by atoms with Crippen LogP contribution in [0.4, 0.5) is 5.69 Å². The number of hydrogen-bond donors (Lipinski definition) is 1. The van der Waals surface area contributed by atoms with Crippen molar-refractivity contribution in [3.05, 3.63) is 28.3 Å². The Morgan fingerprint density at radius 1 is 1.48 bits per heavy atom. The molecular weight excluding hydrogens is 334 g/mol. The Morgan fingerprint density at radius 2 is 2.24 bits per heavy atom. The van der Waals surface area contributed by atoms with Gasteiger partial charge in [-0.15, -0.1) is 0 Å². The predicted octanol–water partition coefficient (Wildman–Crippen LogP) is 2.51. The van der Waals surface area contributed by atoms with Gasteiger partial charge in [-0.25, -0.2) is 0 Å². The van der Waals surface area contributed by atoms with Crippen LogP contribution in [-0.2, 0) is 17.9 Å². The average molecular weight is 352 g/mol. The van der Waals surface area contributed by atoms with Crippen molar-refractivity contribution >= 4 is 27.5 Å². The largest absolute Gasteiger partial charge is 0.322 e. The molecule has 1 N–H and O–H groups in total. The van der Waals surface area contributed by atoms with E-state index in [9.17, 15) is 4.79 Å². The molecule has 7 heteroatoms. The standard InChI is InChI=1S/C14H18BrN5O/c1-9-14(15)10(2)20(18-9)8-13(21)17-12-5-16-19(7-12)6-11-3-4-11/h5,7,11H,3-4,6,8H2,1-2H3,(H,17,21). The van der Waals surface area contributed by atoms with Gasteiger partial charge in [-0.2, -0.15) is 10.2 Å². The summed E-state index contributed by atoms with van der Waals surface area (Å²) >= 11 is 3.46. The van der Waals surface area contributed by atoms with E-state index >= 15 is 0 Å². The minimum Gasteiger partial charge on any atom is -0.322 e. The molecule has 0 saturated heterocycles. The third-order valence-corrected chi connectivity index (χ3v) is 4.79. The molecule has 2 aromatic heterocycles. The van der Waals surface area contributed by atoms with Crippen LogP contribution in [-0.4, -0.2) is 25.5 Å². The molecule has 6 nitrogen and oxygen atoms in total. The van der Waals surface area contributed by atoms with Gasteiger partial charge in [0.1, 0.15) is 6.54 Å². The third kappa shape index (κ3) is 3.34. The number of nitrogens with one attached hydrogen (secondary N) is 1. The Bertz CT molecular complexity index is 671. The van der Waals surface area contributed by atoms with Gasteiger partial charge in [-0.05, 0) is 48.5 Å². The number of rotatable bonds is 5. The lowest BCUT2D eigenvalue weighted by atomic mass is 10.4. The van der Waals surface area contributed by atoms with Crippen LogP contribution in [0.1, 0.15) is 24.2 Å². The van der Waals surface area contributed by atoms with E-state index in [-0.39, 0.29) is 12.5 Å². The molecule has 1 aliphatic rings. The predicted molar refractivity (Wildman–Crippen MR) is 83.0 cm³/mol. The van der Waals surface area contributed by atoms with Gasteiger partial charge in [-0.1, -0.05) is 0 Å². The van der Waals surface area contributed by atoms with E-state index in [0.29, 0.717) is 0 Å². The van der Waals surface area contributed by atoms with Gasteiger partial charge in [0.2, 0.25) is 5.91 Å². The molecule has 2 aromatic rings. The zero-order chi connectivity index (χ0) is 15.0. The number of carbonyl (C=O) groups is 1. The fourth-order valence-electron chi connectivity index (χ4n) is 2.26. The first kappa shape index (κ1) is 14.3. The van der Waals surface area contributed by atoms with Crippen LogP contribution in [0.15, 0.2) is 16.9 Å². The number of anilines is 1. The van der Waals surface area contributed by atoms with Crippen LogP contribution in [0.5, 0.6) is 0 Å². The first-order valence-corrected chi connectivity index (χ1v) is 7.84. The maximum atomic E-state index is 12.1.